The third kappa shape index (κ3) is 3.95. The van der Waals surface area contributed by atoms with Crippen molar-refractivity contribution in [2.24, 2.45) is 46.3 Å². The van der Waals surface area contributed by atoms with Crippen molar-refractivity contribution in [2.75, 3.05) is 7.11 Å². The molecule has 4 fully saturated rings. The first-order chi connectivity index (χ1) is 15.5. The number of rotatable bonds is 5. The fraction of sp³-hybridized carbons (Fsp3) is 0.852. The Labute approximate surface area is 197 Å². The van der Waals surface area contributed by atoms with Gasteiger partial charge in [0.15, 0.2) is 0 Å². The Kier molecular flexibility index (Phi) is 6.52. The Morgan fingerprint density at radius 1 is 1.12 bits per heavy atom. The number of esters is 2. The molecule has 4 saturated carbocycles. The van der Waals surface area contributed by atoms with Gasteiger partial charge in [-0.15, -0.1) is 0 Å². The summed E-state index contributed by atoms with van der Waals surface area (Å²) in [7, 11) is 1.41. The van der Waals surface area contributed by atoms with Gasteiger partial charge in [0.2, 0.25) is 0 Å². The highest BCUT2D eigenvalue weighted by Crippen LogP contribution is 2.67. The summed E-state index contributed by atoms with van der Waals surface area (Å²) in [6.45, 7) is 8.06. The average Bonchev–Trinajstić information content (AvgIpc) is 3.11. The van der Waals surface area contributed by atoms with Crippen LogP contribution in [0.1, 0.15) is 85.5 Å². The summed E-state index contributed by atoms with van der Waals surface area (Å²) in [6.07, 6.45) is 5.99. The third-order valence-corrected chi connectivity index (χ3v) is 10.4. The molecule has 0 heterocycles. The molecule has 33 heavy (non-hydrogen) atoms. The van der Waals surface area contributed by atoms with E-state index in [4.69, 9.17) is 9.47 Å². The second-order valence-electron chi connectivity index (χ2n) is 11.8. The first-order valence-electron chi connectivity index (χ1n) is 12.8. The van der Waals surface area contributed by atoms with E-state index in [2.05, 4.69) is 20.8 Å². The zero-order valence-corrected chi connectivity index (χ0v) is 20.9. The second-order valence-corrected chi connectivity index (χ2v) is 11.8. The molecule has 6 nitrogen and oxygen atoms in total. The van der Waals surface area contributed by atoms with Crippen LogP contribution in [-0.2, 0) is 28.7 Å². The van der Waals surface area contributed by atoms with E-state index in [0.29, 0.717) is 37.2 Å². The number of carbonyl (C=O) groups is 4. The molecule has 6 heteroatoms. The molecule has 0 aliphatic heterocycles. The van der Waals surface area contributed by atoms with Gasteiger partial charge in [-0.05, 0) is 67.1 Å². The maximum absolute atomic E-state index is 13.9. The lowest BCUT2D eigenvalue weighted by Crippen LogP contribution is -2.61. The van der Waals surface area contributed by atoms with Gasteiger partial charge >= 0.3 is 11.9 Å². The number of ketones is 2. The Morgan fingerprint density at radius 3 is 2.52 bits per heavy atom. The standard InChI is InChI=1S/C27H40O6/c1-15(6-9-24(31)32-5)19-7-8-20-25-21(14-23(30)27(19,20)4)26(3)11-10-18(29)12-17(26)13-22(25)33-16(2)28/h15,17,19-22,25H,6-14H2,1-5H3/t15-,17-,19+,20-,21-,22-,25-,26+,27-/m1/s1. The highest BCUT2D eigenvalue weighted by atomic mass is 16.5. The predicted octanol–water partition coefficient (Wildman–Crippen LogP) is 4.52. The summed E-state index contributed by atoms with van der Waals surface area (Å²) in [5.41, 5.74) is -0.510. The van der Waals surface area contributed by atoms with E-state index in [1.54, 1.807) is 0 Å². The smallest absolute Gasteiger partial charge is 0.305 e. The van der Waals surface area contributed by atoms with Crippen molar-refractivity contribution >= 4 is 23.5 Å². The minimum Gasteiger partial charge on any atom is -0.469 e. The Bertz CT molecular complexity index is 834. The first-order valence-corrected chi connectivity index (χ1v) is 12.8. The molecular formula is C27H40O6. The Hall–Kier alpha value is -1.72. The van der Waals surface area contributed by atoms with Crippen LogP contribution < -0.4 is 0 Å². The van der Waals surface area contributed by atoms with Crippen LogP contribution in [0, 0.1) is 46.3 Å². The van der Waals surface area contributed by atoms with Gasteiger partial charge in [0, 0.05) is 43.9 Å². The molecular weight excluding hydrogens is 420 g/mol. The van der Waals surface area contributed by atoms with E-state index >= 15 is 0 Å². The average molecular weight is 461 g/mol. The van der Waals surface area contributed by atoms with Gasteiger partial charge in [-0.25, -0.2) is 0 Å². The predicted molar refractivity (Wildman–Crippen MR) is 122 cm³/mol. The number of ether oxygens (including phenoxy) is 2. The lowest BCUT2D eigenvalue weighted by Gasteiger charge is -2.61. The SMILES string of the molecule is COC(=O)CC[C@@H](C)[C@@H]1CC[C@@H]2[C@@H]3[C@@H](CC(=O)[C@@]21C)[C@@]1(C)CCC(=O)C[C@@H]1C[C@H]3OC(C)=O. The number of methoxy groups -OCH3 is 1. The fourth-order valence-corrected chi connectivity index (χ4v) is 8.63. The summed E-state index contributed by atoms with van der Waals surface area (Å²) in [4.78, 5) is 50.0. The molecule has 4 rings (SSSR count). The van der Waals surface area contributed by atoms with Crippen LogP contribution >= 0.6 is 0 Å². The lowest BCUT2D eigenvalue weighted by atomic mass is 9.43. The van der Waals surface area contributed by atoms with Crippen molar-refractivity contribution in [1.82, 2.24) is 0 Å². The molecule has 0 radical (unpaired) electrons. The number of fused-ring (bicyclic) bond motifs is 5. The maximum Gasteiger partial charge on any atom is 0.305 e. The largest absolute Gasteiger partial charge is 0.469 e. The quantitative estimate of drug-likeness (QED) is 0.561. The third-order valence-electron chi connectivity index (χ3n) is 10.4. The molecule has 0 unspecified atom stereocenters. The van der Waals surface area contributed by atoms with E-state index in [-0.39, 0.29) is 59.0 Å². The molecule has 0 bridgehead atoms. The molecule has 0 aromatic rings. The van der Waals surface area contributed by atoms with Gasteiger partial charge in [-0.3, -0.25) is 19.2 Å². The van der Waals surface area contributed by atoms with Crippen LogP contribution in [0.2, 0.25) is 0 Å². The highest BCUT2D eigenvalue weighted by Gasteiger charge is 2.66. The summed E-state index contributed by atoms with van der Waals surface area (Å²) in [5.74, 6) is 1.28. The molecule has 0 saturated heterocycles. The number of hydrogen-bond donors (Lipinski definition) is 0. The van der Waals surface area contributed by atoms with E-state index in [1.165, 1.54) is 14.0 Å². The van der Waals surface area contributed by atoms with Gasteiger partial charge in [-0.2, -0.15) is 0 Å². The van der Waals surface area contributed by atoms with Crippen LogP contribution in [0.15, 0.2) is 0 Å². The summed E-state index contributed by atoms with van der Waals surface area (Å²) in [5, 5.41) is 0. The molecule has 4 aliphatic carbocycles. The minimum absolute atomic E-state index is 0.0548. The summed E-state index contributed by atoms with van der Waals surface area (Å²) in [6, 6.07) is 0. The van der Waals surface area contributed by atoms with Crippen molar-refractivity contribution < 1.29 is 28.7 Å². The van der Waals surface area contributed by atoms with Crippen molar-refractivity contribution in [1.29, 1.82) is 0 Å². The number of carbonyl (C=O) groups excluding carboxylic acids is 4. The van der Waals surface area contributed by atoms with Crippen molar-refractivity contribution in [3.63, 3.8) is 0 Å². The van der Waals surface area contributed by atoms with Crippen LogP contribution in [0.3, 0.4) is 0 Å². The van der Waals surface area contributed by atoms with Crippen molar-refractivity contribution in [2.45, 2.75) is 91.6 Å². The van der Waals surface area contributed by atoms with E-state index < -0.39 is 5.41 Å². The molecule has 184 valence electrons. The summed E-state index contributed by atoms with van der Waals surface area (Å²) < 4.78 is 10.8. The van der Waals surface area contributed by atoms with Crippen LogP contribution in [0.5, 0.6) is 0 Å². The first kappa shape index (κ1) is 24.4. The van der Waals surface area contributed by atoms with E-state index in [1.807, 2.05) is 0 Å². The monoisotopic (exact) mass is 460 g/mol. The molecule has 0 aromatic heterocycles. The van der Waals surface area contributed by atoms with Crippen LogP contribution in [-0.4, -0.2) is 36.7 Å². The van der Waals surface area contributed by atoms with Gasteiger partial charge in [0.1, 0.15) is 17.7 Å². The molecule has 0 amide bonds. The highest BCUT2D eigenvalue weighted by molar-refractivity contribution is 5.87. The van der Waals surface area contributed by atoms with Gasteiger partial charge < -0.3 is 9.47 Å². The Balaban J connectivity index is 1.65. The molecule has 0 spiro atoms. The normalized spacial score (nSPS) is 43.2. The fourth-order valence-electron chi connectivity index (χ4n) is 8.63. The van der Waals surface area contributed by atoms with Crippen LogP contribution in [0.4, 0.5) is 0 Å². The van der Waals surface area contributed by atoms with E-state index in [0.717, 1.165) is 32.1 Å². The molecule has 9 atom stereocenters. The zero-order chi connectivity index (χ0) is 24.1. The second kappa shape index (κ2) is 8.81. The van der Waals surface area contributed by atoms with Gasteiger partial charge in [0.25, 0.3) is 0 Å². The van der Waals surface area contributed by atoms with E-state index in [9.17, 15) is 19.2 Å². The Morgan fingerprint density at radius 2 is 1.85 bits per heavy atom. The lowest BCUT2D eigenvalue weighted by molar-refractivity contribution is -0.190. The van der Waals surface area contributed by atoms with Crippen molar-refractivity contribution in [3.8, 4) is 0 Å². The minimum atomic E-state index is -0.456. The summed E-state index contributed by atoms with van der Waals surface area (Å²) >= 11 is 0. The van der Waals surface area contributed by atoms with Crippen LogP contribution in [0.25, 0.3) is 0 Å². The zero-order valence-electron chi connectivity index (χ0n) is 20.9. The number of hydrogen-bond acceptors (Lipinski definition) is 6. The van der Waals surface area contributed by atoms with Gasteiger partial charge in [0.05, 0.1) is 7.11 Å². The van der Waals surface area contributed by atoms with Crippen molar-refractivity contribution in [3.05, 3.63) is 0 Å². The van der Waals surface area contributed by atoms with Gasteiger partial charge in [-0.1, -0.05) is 20.8 Å². The molecule has 0 aromatic carbocycles. The number of Topliss-reactive ketones (excluding diaryl/α,β-unsaturated/α-hetero) is 2. The maximum atomic E-state index is 13.9. The molecule has 0 N–H and O–H groups in total. The topological polar surface area (TPSA) is 86.7 Å². The molecule has 4 aliphatic rings.